The summed E-state index contributed by atoms with van der Waals surface area (Å²) < 4.78 is 0. The van der Waals surface area contributed by atoms with Crippen LogP contribution in [0.15, 0.2) is 0 Å². The number of hydrogen-bond donors (Lipinski definition) is 2. The molecular formula is C10H20N2O2. The van der Waals surface area contributed by atoms with E-state index in [9.17, 15) is 4.79 Å². The third kappa shape index (κ3) is 3.27. The number of nitrogens with one attached hydrogen (secondary N) is 1. The summed E-state index contributed by atoms with van der Waals surface area (Å²) in [6.45, 7) is 4.40. The van der Waals surface area contributed by atoms with Crippen LogP contribution in [-0.2, 0) is 4.79 Å². The van der Waals surface area contributed by atoms with Crippen molar-refractivity contribution in [2.75, 3.05) is 26.7 Å². The fourth-order valence-electron chi connectivity index (χ4n) is 2.04. The number of carbonyl (C=O) groups is 1. The molecule has 1 rings (SSSR count). The number of carboxylic acids is 1. The van der Waals surface area contributed by atoms with Gasteiger partial charge in [0.25, 0.3) is 0 Å². The molecule has 1 aliphatic heterocycles. The Morgan fingerprint density at radius 2 is 2.14 bits per heavy atom. The zero-order valence-corrected chi connectivity index (χ0v) is 8.99. The monoisotopic (exact) mass is 200 g/mol. The van der Waals surface area contributed by atoms with Crippen molar-refractivity contribution in [3.05, 3.63) is 0 Å². The molecule has 0 aromatic rings. The van der Waals surface area contributed by atoms with Crippen molar-refractivity contribution < 1.29 is 9.90 Å². The fraction of sp³-hybridized carbons (Fsp3) is 0.900. The van der Waals surface area contributed by atoms with Gasteiger partial charge in [-0.3, -0.25) is 9.69 Å². The predicted octanol–water partition coefficient (Wildman–Crippen LogP) is 0.391. The molecule has 0 radical (unpaired) electrons. The zero-order valence-electron chi connectivity index (χ0n) is 8.99. The van der Waals surface area contributed by atoms with Gasteiger partial charge in [0, 0.05) is 6.04 Å². The number of hydrogen-bond acceptors (Lipinski definition) is 3. The lowest BCUT2D eigenvalue weighted by molar-refractivity contribution is -0.138. The predicted molar refractivity (Wildman–Crippen MR) is 55.3 cm³/mol. The minimum absolute atomic E-state index is 0.144. The van der Waals surface area contributed by atoms with Crippen molar-refractivity contribution in [3.63, 3.8) is 0 Å². The summed E-state index contributed by atoms with van der Waals surface area (Å²) in [5.41, 5.74) is 0. The van der Waals surface area contributed by atoms with Gasteiger partial charge in [0.05, 0.1) is 6.54 Å². The van der Waals surface area contributed by atoms with Crippen molar-refractivity contribution in [1.82, 2.24) is 10.2 Å². The Bertz CT molecular complexity index is 191. The Morgan fingerprint density at radius 3 is 2.64 bits per heavy atom. The molecule has 1 heterocycles. The molecule has 4 nitrogen and oxygen atoms in total. The van der Waals surface area contributed by atoms with Gasteiger partial charge in [-0.1, -0.05) is 0 Å². The van der Waals surface area contributed by atoms with Crippen molar-refractivity contribution in [2.24, 2.45) is 5.92 Å². The van der Waals surface area contributed by atoms with E-state index in [4.69, 9.17) is 5.11 Å². The van der Waals surface area contributed by atoms with Crippen LogP contribution < -0.4 is 5.32 Å². The molecule has 82 valence electrons. The van der Waals surface area contributed by atoms with Crippen LogP contribution in [0.3, 0.4) is 0 Å². The van der Waals surface area contributed by atoms with E-state index in [1.54, 1.807) is 0 Å². The molecule has 0 aromatic carbocycles. The molecule has 1 atom stereocenters. The quantitative estimate of drug-likeness (QED) is 0.689. The van der Waals surface area contributed by atoms with Gasteiger partial charge in [0.15, 0.2) is 0 Å². The molecule has 1 aliphatic rings. The van der Waals surface area contributed by atoms with Crippen LogP contribution >= 0.6 is 0 Å². The Balaban J connectivity index is 2.37. The van der Waals surface area contributed by atoms with E-state index >= 15 is 0 Å². The van der Waals surface area contributed by atoms with Crippen LogP contribution in [-0.4, -0.2) is 48.7 Å². The van der Waals surface area contributed by atoms with Crippen molar-refractivity contribution in [2.45, 2.75) is 25.8 Å². The highest BCUT2D eigenvalue weighted by Crippen LogP contribution is 2.19. The first-order valence-electron chi connectivity index (χ1n) is 5.24. The van der Waals surface area contributed by atoms with Gasteiger partial charge in [-0.05, 0) is 45.8 Å². The van der Waals surface area contributed by atoms with Crippen LogP contribution in [0, 0.1) is 5.92 Å². The smallest absolute Gasteiger partial charge is 0.317 e. The van der Waals surface area contributed by atoms with Crippen molar-refractivity contribution in [1.29, 1.82) is 0 Å². The Hall–Kier alpha value is -0.610. The largest absolute Gasteiger partial charge is 0.480 e. The van der Waals surface area contributed by atoms with Gasteiger partial charge in [-0.2, -0.15) is 0 Å². The van der Waals surface area contributed by atoms with Crippen LogP contribution in [0.2, 0.25) is 0 Å². The summed E-state index contributed by atoms with van der Waals surface area (Å²) in [4.78, 5) is 12.5. The topological polar surface area (TPSA) is 52.6 Å². The molecule has 0 amide bonds. The Kier molecular flexibility index (Phi) is 4.35. The molecule has 2 N–H and O–H groups in total. The van der Waals surface area contributed by atoms with E-state index in [-0.39, 0.29) is 6.54 Å². The number of likely N-dealkylation sites (N-methyl/N-ethyl adjacent to an activating group) is 1. The number of nitrogens with zero attached hydrogens (tertiary/aromatic N) is 1. The minimum Gasteiger partial charge on any atom is -0.480 e. The molecule has 0 aliphatic carbocycles. The van der Waals surface area contributed by atoms with Gasteiger partial charge in [0.1, 0.15) is 0 Å². The summed E-state index contributed by atoms with van der Waals surface area (Å²) in [6, 6.07) is 0.369. The van der Waals surface area contributed by atoms with E-state index in [2.05, 4.69) is 12.2 Å². The number of carboxylic acid groups (broad SMARTS) is 1. The number of piperidine rings is 1. The second-order valence-electron chi connectivity index (χ2n) is 4.14. The van der Waals surface area contributed by atoms with Crippen LogP contribution in [0.5, 0.6) is 0 Å². The van der Waals surface area contributed by atoms with E-state index in [0.717, 1.165) is 25.9 Å². The third-order valence-corrected chi connectivity index (χ3v) is 3.15. The lowest BCUT2D eigenvalue weighted by Gasteiger charge is -2.33. The molecule has 0 spiro atoms. The average Bonchev–Trinajstić information content (AvgIpc) is 2.17. The van der Waals surface area contributed by atoms with Crippen LogP contribution in [0.25, 0.3) is 0 Å². The average molecular weight is 200 g/mol. The minimum atomic E-state index is -0.742. The van der Waals surface area contributed by atoms with E-state index in [1.807, 2.05) is 11.9 Å². The Morgan fingerprint density at radius 1 is 1.57 bits per heavy atom. The van der Waals surface area contributed by atoms with Gasteiger partial charge in [0.2, 0.25) is 0 Å². The first-order chi connectivity index (χ1) is 6.61. The van der Waals surface area contributed by atoms with Crippen LogP contribution in [0.1, 0.15) is 19.8 Å². The molecule has 0 saturated carbocycles. The maximum atomic E-state index is 10.5. The summed E-state index contributed by atoms with van der Waals surface area (Å²) in [6.07, 6.45) is 2.32. The molecule has 4 heteroatoms. The highest BCUT2D eigenvalue weighted by molar-refractivity contribution is 5.69. The van der Waals surface area contributed by atoms with Gasteiger partial charge < -0.3 is 10.4 Å². The first-order valence-corrected chi connectivity index (χ1v) is 5.24. The molecule has 1 fully saturated rings. The molecular weight excluding hydrogens is 180 g/mol. The van der Waals surface area contributed by atoms with Gasteiger partial charge >= 0.3 is 5.97 Å². The summed E-state index contributed by atoms with van der Waals surface area (Å²) in [5, 5.41) is 12.0. The lowest BCUT2D eigenvalue weighted by Crippen LogP contribution is -2.42. The highest BCUT2D eigenvalue weighted by Gasteiger charge is 2.23. The number of aliphatic carboxylic acids is 1. The molecule has 0 aromatic heterocycles. The number of rotatable bonds is 4. The third-order valence-electron chi connectivity index (χ3n) is 3.15. The van der Waals surface area contributed by atoms with E-state index in [0.29, 0.717) is 12.0 Å². The second-order valence-corrected chi connectivity index (χ2v) is 4.14. The molecule has 1 unspecified atom stereocenters. The summed E-state index contributed by atoms with van der Waals surface area (Å²) in [7, 11) is 1.89. The van der Waals surface area contributed by atoms with Gasteiger partial charge in [-0.15, -0.1) is 0 Å². The standard InChI is InChI=1S/C10H20N2O2/c1-8(12(2)7-10(13)14)9-3-5-11-6-4-9/h8-9,11H,3-7H2,1-2H3,(H,13,14). The first kappa shape index (κ1) is 11.5. The van der Waals surface area contributed by atoms with E-state index in [1.165, 1.54) is 0 Å². The summed E-state index contributed by atoms with van der Waals surface area (Å²) >= 11 is 0. The lowest BCUT2D eigenvalue weighted by atomic mass is 9.90. The van der Waals surface area contributed by atoms with Gasteiger partial charge in [-0.25, -0.2) is 0 Å². The maximum absolute atomic E-state index is 10.5. The van der Waals surface area contributed by atoms with Crippen LogP contribution in [0.4, 0.5) is 0 Å². The molecule has 0 bridgehead atoms. The van der Waals surface area contributed by atoms with Crippen molar-refractivity contribution >= 4 is 5.97 Å². The fourth-order valence-corrected chi connectivity index (χ4v) is 2.04. The van der Waals surface area contributed by atoms with E-state index < -0.39 is 5.97 Å². The second kappa shape index (κ2) is 5.32. The SMILES string of the molecule is CC(C1CCNCC1)N(C)CC(=O)O. The normalized spacial score (nSPS) is 21.1. The summed E-state index contributed by atoms with van der Waals surface area (Å²) in [5.74, 6) is -0.103. The van der Waals surface area contributed by atoms with Crippen molar-refractivity contribution in [3.8, 4) is 0 Å². The zero-order chi connectivity index (χ0) is 10.6. The Labute approximate surface area is 85.3 Å². The maximum Gasteiger partial charge on any atom is 0.317 e. The molecule has 1 saturated heterocycles. The molecule has 14 heavy (non-hydrogen) atoms. The highest BCUT2D eigenvalue weighted by atomic mass is 16.4.